The van der Waals surface area contributed by atoms with Crippen LogP contribution >= 0.6 is 0 Å². The van der Waals surface area contributed by atoms with Gasteiger partial charge >= 0.3 is 5.97 Å². The molecule has 0 saturated heterocycles. The van der Waals surface area contributed by atoms with E-state index in [2.05, 4.69) is 5.10 Å². The zero-order valence-corrected chi connectivity index (χ0v) is 23.2. The first-order chi connectivity index (χ1) is 20.0. The summed E-state index contributed by atoms with van der Waals surface area (Å²) in [6, 6.07) is 28.6. The fourth-order valence-corrected chi connectivity index (χ4v) is 4.49. The van der Waals surface area contributed by atoms with Gasteiger partial charge < -0.3 is 29.2 Å². The van der Waals surface area contributed by atoms with E-state index < -0.39 is 30.4 Å². The van der Waals surface area contributed by atoms with Gasteiger partial charge in [-0.3, -0.25) is 4.68 Å². The van der Waals surface area contributed by atoms with E-state index in [0.717, 1.165) is 16.7 Å². The van der Waals surface area contributed by atoms with Gasteiger partial charge in [0.05, 0.1) is 39.7 Å². The molecule has 9 nitrogen and oxygen atoms in total. The van der Waals surface area contributed by atoms with E-state index in [1.54, 1.807) is 7.05 Å². The Kier molecular flexibility index (Phi) is 11.2. The molecule has 216 valence electrons. The summed E-state index contributed by atoms with van der Waals surface area (Å²) in [7, 11) is 2.84. The molecule has 0 saturated carbocycles. The Morgan fingerprint density at radius 2 is 1.27 bits per heavy atom. The number of hydrogen-bond acceptors (Lipinski definition) is 8. The van der Waals surface area contributed by atoms with E-state index in [9.17, 15) is 15.0 Å². The molecule has 0 fully saturated rings. The summed E-state index contributed by atoms with van der Waals surface area (Å²) in [6.45, 7) is 0.481. The number of aromatic nitrogens is 2. The highest BCUT2D eigenvalue weighted by Crippen LogP contribution is 2.29. The lowest BCUT2D eigenvalue weighted by molar-refractivity contribution is -0.177. The summed E-state index contributed by atoms with van der Waals surface area (Å²) < 4.78 is 24.6. The number of nitrogens with zero attached hydrogens (tertiary/aromatic N) is 2. The molecule has 2 N–H and O–H groups in total. The van der Waals surface area contributed by atoms with Crippen LogP contribution in [0.25, 0.3) is 0 Å². The van der Waals surface area contributed by atoms with Crippen LogP contribution in [0, 0.1) is 0 Å². The van der Waals surface area contributed by atoms with Crippen LogP contribution in [0.4, 0.5) is 0 Å². The van der Waals surface area contributed by atoms with E-state index >= 15 is 0 Å². The summed E-state index contributed by atoms with van der Waals surface area (Å²) in [5.74, 6) is -0.658. The SMILES string of the molecule is COC(=O)c1c([C@@H](O)[C@H](OCc2ccccc2)[C@H](OCc2ccccc2)[C@H](O)COCc2ccccc2)cnn1C. The van der Waals surface area contributed by atoms with Gasteiger partial charge in [-0.05, 0) is 16.7 Å². The molecular formula is C32H36N2O7. The minimum absolute atomic E-state index is 0.0740. The lowest BCUT2D eigenvalue weighted by atomic mass is 9.96. The molecule has 9 heteroatoms. The van der Waals surface area contributed by atoms with Gasteiger partial charge in [0.25, 0.3) is 0 Å². The zero-order chi connectivity index (χ0) is 29.0. The maximum absolute atomic E-state index is 12.6. The third kappa shape index (κ3) is 8.32. The highest BCUT2D eigenvalue weighted by molar-refractivity contribution is 5.89. The second kappa shape index (κ2) is 15.2. The molecule has 4 rings (SSSR count). The van der Waals surface area contributed by atoms with Gasteiger partial charge in [0.15, 0.2) is 5.69 Å². The Labute approximate surface area is 239 Å². The molecule has 0 aliphatic heterocycles. The number of aryl methyl sites for hydroxylation is 1. The van der Waals surface area contributed by atoms with Crippen molar-refractivity contribution in [1.82, 2.24) is 9.78 Å². The van der Waals surface area contributed by atoms with E-state index in [1.807, 2.05) is 91.0 Å². The monoisotopic (exact) mass is 560 g/mol. The first-order valence-corrected chi connectivity index (χ1v) is 13.4. The first kappa shape index (κ1) is 30.1. The van der Waals surface area contributed by atoms with Crippen molar-refractivity contribution >= 4 is 5.97 Å². The number of methoxy groups -OCH3 is 1. The molecule has 41 heavy (non-hydrogen) atoms. The van der Waals surface area contributed by atoms with Gasteiger partial charge in [-0.25, -0.2) is 4.79 Å². The van der Waals surface area contributed by atoms with Crippen LogP contribution in [0.15, 0.2) is 97.2 Å². The Morgan fingerprint density at radius 3 is 1.78 bits per heavy atom. The standard InChI is InChI=1S/C32H36N2O7/c1-34-28(32(37)38-2)26(18-33-34)29(36)31(41-21-25-16-10-5-11-17-25)30(40-20-24-14-8-4-9-15-24)27(35)22-39-19-23-12-6-3-7-13-23/h3-18,27,29-31,35-36H,19-22H2,1-2H3/t27-,29-,30-,31+/m1/s1. The van der Waals surface area contributed by atoms with Gasteiger partial charge in [0.1, 0.15) is 24.4 Å². The molecule has 0 unspecified atom stereocenters. The van der Waals surface area contributed by atoms with Gasteiger partial charge in [-0.15, -0.1) is 0 Å². The van der Waals surface area contributed by atoms with Gasteiger partial charge in [-0.1, -0.05) is 91.0 Å². The second-order valence-corrected chi connectivity index (χ2v) is 9.60. The summed E-state index contributed by atoms with van der Waals surface area (Å²) in [5.41, 5.74) is 2.97. The average molecular weight is 561 g/mol. The molecule has 0 aliphatic carbocycles. The lowest BCUT2D eigenvalue weighted by Gasteiger charge is -2.34. The largest absolute Gasteiger partial charge is 0.464 e. The predicted molar refractivity (Wildman–Crippen MR) is 152 cm³/mol. The third-order valence-electron chi connectivity index (χ3n) is 6.65. The van der Waals surface area contributed by atoms with Gasteiger partial charge in [0, 0.05) is 12.6 Å². The Hall–Kier alpha value is -3.86. The summed E-state index contributed by atoms with van der Waals surface area (Å²) in [6.07, 6.45) is -3.35. The van der Waals surface area contributed by atoms with Crippen molar-refractivity contribution in [3.63, 3.8) is 0 Å². The third-order valence-corrected chi connectivity index (χ3v) is 6.65. The van der Waals surface area contributed by atoms with Crippen LogP contribution < -0.4 is 0 Å². The number of aliphatic hydroxyl groups is 2. The minimum atomic E-state index is -1.40. The smallest absolute Gasteiger partial charge is 0.356 e. The minimum Gasteiger partial charge on any atom is -0.464 e. The summed E-state index contributed by atoms with van der Waals surface area (Å²) in [5, 5.41) is 27.3. The van der Waals surface area contributed by atoms with E-state index in [1.165, 1.54) is 18.0 Å². The Morgan fingerprint density at radius 1 is 0.780 bits per heavy atom. The molecule has 0 amide bonds. The molecule has 0 spiro atoms. The van der Waals surface area contributed by atoms with E-state index in [-0.39, 0.29) is 37.7 Å². The Bertz CT molecular complexity index is 1330. The molecular weight excluding hydrogens is 524 g/mol. The van der Waals surface area contributed by atoms with Crippen LogP contribution in [-0.2, 0) is 45.8 Å². The molecule has 0 aliphatic rings. The van der Waals surface area contributed by atoms with Crippen LogP contribution in [0.2, 0.25) is 0 Å². The number of ether oxygens (including phenoxy) is 4. The zero-order valence-electron chi connectivity index (χ0n) is 23.2. The number of esters is 1. The van der Waals surface area contributed by atoms with Crippen molar-refractivity contribution in [2.24, 2.45) is 7.05 Å². The number of benzene rings is 3. The predicted octanol–water partition coefficient (Wildman–Crippen LogP) is 3.99. The molecule has 0 radical (unpaired) electrons. The van der Waals surface area contributed by atoms with Gasteiger partial charge in [-0.2, -0.15) is 5.10 Å². The fraction of sp³-hybridized carbons (Fsp3) is 0.312. The summed E-state index contributed by atoms with van der Waals surface area (Å²) >= 11 is 0. The molecule has 0 bridgehead atoms. The quantitative estimate of drug-likeness (QED) is 0.210. The number of rotatable bonds is 15. The van der Waals surface area contributed by atoms with Crippen molar-refractivity contribution in [1.29, 1.82) is 0 Å². The van der Waals surface area contributed by atoms with Crippen LogP contribution in [0.5, 0.6) is 0 Å². The van der Waals surface area contributed by atoms with Crippen molar-refractivity contribution in [2.45, 2.75) is 44.2 Å². The number of carbonyl (C=O) groups is 1. The van der Waals surface area contributed by atoms with Crippen molar-refractivity contribution in [2.75, 3.05) is 13.7 Å². The van der Waals surface area contributed by atoms with E-state index in [4.69, 9.17) is 18.9 Å². The topological polar surface area (TPSA) is 112 Å². The van der Waals surface area contributed by atoms with E-state index in [0.29, 0.717) is 0 Å². The van der Waals surface area contributed by atoms with Gasteiger partial charge in [0.2, 0.25) is 0 Å². The molecule has 1 aromatic heterocycles. The highest BCUT2D eigenvalue weighted by atomic mass is 16.6. The lowest BCUT2D eigenvalue weighted by Crippen LogP contribution is -2.46. The van der Waals surface area contributed by atoms with Crippen molar-refractivity contribution < 1.29 is 34.0 Å². The van der Waals surface area contributed by atoms with Crippen LogP contribution in [-0.4, -0.2) is 58.0 Å². The molecule has 4 aromatic rings. The molecule has 1 heterocycles. The number of aliphatic hydroxyl groups excluding tert-OH is 2. The second-order valence-electron chi connectivity index (χ2n) is 9.60. The summed E-state index contributed by atoms with van der Waals surface area (Å²) in [4.78, 5) is 12.6. The first-order valence-electron chi connectivity index (χ1n) is 13.4. The number of hydrogen-bond donors (Lipinski definition) is 2. The molecule has 3 aromatic carbocycles. The van der Waals surface area contributed by atoms with Crippen LogP contribution in [0.1, 0.15) is 38.8 Å². The maximum atomic E-state index is 12.6. The fourth-order valence-electron chi connectivity index (χ4n) is 4.49. The van der Waals surface area contributed by atoms with Crippen molar-refractivity contribution in [3.05, 3.63) is 125 Å². The van der Waals surface area contributed by atoms with Crippen LogP contribution in [0.3, 0.4) is 0 Å². The molecule has 4 atom stereocenters. The highest BCUT2D eigenvalue weighted by Gasteiger charge is 2.39. The normalized spacial score (nSPS) is 14.2. The Balaban J connectivity index is 1.63. The number of carbonyl (C=O) groups excluding carboxylic acids is 1. The maximum Gasteiger partial charge on any atom is 0.356 e. The van der Waals surface area contributed by atoms with Crippen molar-refractivity contribution in [3.8, 4) is 0 Å². The average Bonchev–Trinajstić information content (AvgIpc) is 3.40.